The molecule has 1 aliphatic heterocycles. The third-order valence-electron chi connectivity index (χ3n) is 3.41. The van der Waals surface area contributed by atoms with E-state index in [1.807, 2.05) is 12.4 Å². The van der Waals surface area contributed by atoms with Crippen molar-refractivity contribution >= 4 is 17.6 Å². The average molecular weight is 280 g/mol. The Balaban J connectivity index is 1.97. The highest BCUT2D eigenvalue weighted by atomic mass is 32.2. The minimum atomic E-state index is 0.382. The van der Waals surface area contributed by atoms with Crippen LogP contribution in [-0.2, 0) is 6.54 Å². The molecule has 1 aromatic heterocycles. The molecule has 0 spiro atoms. The molecule has 2 heterocycles. The molecule has 1 saturated heterocycles. The van der Waals surface area contributed by atoms with E-state index in [0.717, 1.165) is 43.4 Å². The van der Waals surface area contributed by atoms with Gasteiger partial charge in [-0.2, -0.15) is 11.8 Å². The lowest BCUT2D eigenvalue weighted by atomic mass is 10.1. The van der Waals surface area contributed by atoms with Gasteiger partial charge in [-0.05, 0) is 13.0 Å². The van der Waals surface area contributed by atoms with Gasteiger partial charge in [-0.25, -0.2) is 4.98 Å². The van der Waals surface area contributed by atoms with Crippen molar-refractivity contribution in [3.8, 4) is 0 Å². The van der Waals surface area contributed by atoms with Crippen molar-refractivity contribution in [3.05, 3.63) is 18.1 Å². The summed E-state index contributed by atoms with van der Waals surface area (Å²) in [6.07, 6.45) is 5.00. The molecule has 0 bridgehead atoms. The molecule has 0 atom stereocenters. The van der Waals surface area contributed by atoms with Crippen LogP contribution in [0.2, 0.25) is 0 Å². The molecule has 2 rings (SSSR count). The normalized spacial score (nSPS) is 19.2. The second kappa shape index (κ2) is 6.57. The molecule has 4 nitrogen and oxygen atoms in total. The van der Waals surface area contributed by atoms with E-state index in [4.69, 9.17) is 0 Å². The molecule has 0 saturated carbocycles. The Morgan fingerprint density at radius 2 is 2.16 bits per heavy atom. The van der Waals surface area contributed by atoms with Crippen LogP contribution in [0.3, 0.4) is 0 Å². The fourth-order valence-electron chi connectivity index (χ4n) is 2.11. The van der Waals surface area contributed by atoms with Crippen LogP contribution in [0.4, 0.5) is 5.82 Å². The maximum absolute atomic E-state index is 4.56. The number of anilines is 1. The number of hydrogen-bond donors (Lipinski definition) is 1. The van der Waals surface area contributed by atoms with Crippen molar-refractivity contribution in [2.24, 2.45) is 0 Å². The van der Waals surface area contributed by atoms with Gasteiger partial charge in [0.05, 0.1) is 18.1 Å². The van der Waals surface area contributed by atoms with Crippen molar-refractivity contribution in [2.45, 2.75) is 38.5 Å². The molecule has 0 amide bonds. The lowest BCUT2D eigenvalue weighted by Crippen LogP contribution is -2.28. The summed E-state index contributed by atoms with van der Waals surface area (Å²) in [5.41, 5.74) is 1.01. The first-order chi connectivity index (χ1) is 9.11. The highest BCUT2D eigenvalue weighted by molar-refractivity contribution is 8.00. The molecule has 0 unspecified atom stereocenters. The first kappa shape index (κ1) is 14.6. The van der Waals surface area contributed by atoms with Crippen LogP contribution in [0.15, 0.2) is 12.4 Å². The Morgan fingerprint density at radius 1 is 1.32 bits per heavy atom. The zero-order valence-corrected chi connectivity index (χ0v) is 13.0. The Morgan fingerprint density at radius 3 is 2.84 bits per heavy atom. The summed E-state index contributed by atoms with van der Waals surface area (Å²) in [4.78, 5) is 11.4. The maximum Gasteiger partial charge on any atom is 0.147 e. The topological polar surface area (TPSA) is 41.1 Å². The van der Waals surface area contributed by atoms with Gasteiger partial charge in [0.2, 0.25) is 0 Å². The van der Waals surface area contributed by atoms with Crippen LogP contribution in [0.5, 0.6) is 0 Å². The van der Waals surface area contributed by atoms with Gasteiger partial charge >= 0.3 is 0 Å². The monoisotopic (exact) mass is 280 g/mol. The minimum absolute atomic E-state index is 0.382. The van der Waals surface area contributed by atoms with Crippen LogP contribution in [-0.4, -0.2) is 40.1 Å². The van der Waals surface area contributed by atoms with E-state index in [0.29, 0.717) is 4.75 Å². The molecular weight excluding hydrogens is 256 g/mol. The summed E-state index contributed by atoms with van der Waals surface area (Å²) in [6, 6.07) is 0. The summed E-state index contributed by atoms with van der Waals surface area (Å²) < 4.78 is 0.382. The van der Waals surface area contributed by atoms with Crippen LogP contribution < -0.4 is 10.2 Å². The SMILES string of the molecule is CCNCc1cnc(N2CCSC(C)(C)CC2)cn1. The summed E-state index contributed by atoms with van der Waals surface area (Å²) in [7, 11) is 0. The highest BCUT2D eigenvalue weighted by Crippen LogP contribution is 2.31. The van der Waals surface area contributed by atoms with Gasteiger partial charge in [0.1, 0.15) is 5.82 Å². The predicted octanol–water partition coefficient (Wildman–Crippen LogP) is 2.31. The Bertz CT molecular complexity index is 391. The molecule has 0 aliphatic carbocycles. The third kappa shape index (κ3) is 4.35. The summed E-state index contributed by atoms with van der Waals surface area (Å²) >= 11 is 2.05. The smallest absolute Gasteiger partial charge is 0.147 e. The van der Waals surface area contributed by atoms with Crippen LogP contribution >= 0.6 is 11.8 Å². The number of nitrogens with zero attached hydrogens (tertiary/aromatic N) is 3. The zero-order valence-electron chi connectivity index (χ0n) is 12.1. The Hall–Kier alpha value is -0.810. The van der Waals surface area contributed by atoms with Gasteiger partial charge < -0.3 is 10.2 Å². The van der Waals surface area contributed by atoms with Crippen molar-refractivity contribution in [3.63, 3.8) is 0 Å². The summed E-state index contributed by atoms with van der Waals surface area (Å²) in [6.45, 7) is 10.6. The van der Waals surface area contributed by atoms with Gasteiger partial charge in [0.15, 0.2) is 0 Å². The molecule has 1 fully saturated rings. The fourth-order valence-corrected chi connectivity index (χ4v) is 3.20. The second-order valence-corrected chi connectivity index (χ2v) is 7.29. The molecule has 1 aromatic rings. The standard InChI is InChI=1S/C14H24N4S/c1-4-15-9-12-10-17-13(11-16-12)18-6-5-14(2,3)19-8-7-18/h10-11,15H,4-9H2,1-3H3. The lowest BCUT2D eigenvalue weighted by Gasteiger charge is -2.23. The average Bonchev–Trinajstić information content (AvgIpc) is 2.58. The molecule has 5 heteroatoms. The molecule has 1 N–H and O–H groups in total. The second-order valence-electron chi connectivity index (χ2n) is 5.49. The summed E-state index contributed by atoms with van der Waals surface area (Å²) in [5, 5.41) is 3.26. The number of thioether (sulfide) groups is 1. The lowest BCUT2D eigenvalue weighted by molar-refractivity contribution is 0.633. The Labute approximate surface area is 120 Å². The van der Waals surface area contributed by atoms with E-state index in [2.05, 4.69) is 52.7 Å². The zero-order chi connectivity index (χ0) is 13.7. The molecular formula is C14H24N4S. The van der Waals surface area contributed by atoms with Crippen LogP contribution in [0.1, 0.15) is 32.9 Å². The van der Waals surface area contributed by atoms with E-state index in [9.17, 15) is 0 Å². The van der Waals surface area contributed by atoms with Crippen molar-refractivity contribution in [1.82, 2.24) is 15.3 Å². The van der Waals surface area contributed by atoms with Gasteiger partial charge in [-0.1, -0.05) is 20.8 Å². The quantitative estimate of drug-likeness (QED) is 0.916. The predicted molar refractivity (Wildman–Crippen MR) is 82.8 cm³/mol. The van der Waals surface area contributed by atoms with E-state index in [1.54, 1.807) is 0 Å². The van der Waals surface area contributed by atoms with Crippen molar-refractivity contribution < 1.29 is 0 Å². The van der Waals surface area contributed by atoms with Crippen LogP contribution in [0.25, 0.3) is 0 Å². The van der Waals surface area contributed by atoms with E-state index in [1.165, 1.54) is 6.42 Å². The molecule has 0 radical (unpaired) electrons. The number of nitrogens with one attached hydrogen (secondary N) is 1. The maximum atomic E-state index is 4.56. The first-order valence-corrected chi connectivity index (χ1v) is 8.00. The number of rotatable bonds is 4. The molecule has 106 valence electrons. The Kier molecular flexibility index (Phi) is 5.05. The van der Waals surface area contributed by atoms with Gasteiger partial charge in [-0.15, -0.1) is 0 Å². The van der Waals surface area contributed by atoms with Crippen molar-refractivity contribution in [1.29, 1.82) is 0 Å². The highest BCUT2D eigenvalue weighted by Gasteiger charge is 2.24. The fraction of sp³-hybridized carbons (Fsp3) is 0.714. The van der Waals surface area contributed by atoms with E-state index < -0.39 is 0 Å². The molecule has 19 heavy (non-hydrogen) atoms. The van der Waals surface area contributed by atoms with Crippen molar-refractivity contribution in [2.75, 3.05) is 30.3 Å². The van der Waals surface area contributed by atoms with Gasteiger partial charge in [0, 0.05) is 30.1 Å². The minimum Gasteiger partial charge on any atom is -0.354 e. The largest absolute Gasteiger partial charge is 0.354 e. The molecule has 1 aliphatic rings. The molecule has 0 aromatic carbocycles. The van der Waals surface area contributed by atoms with Gasteiger partial charge in [0.25, 0.3) is 0 Å². The number of hydrogen-bond acceptors (Lipinski definition) is 5. The first-order valence-electron chi connectivity index (χ1n) is 7.01. The van der Waals surface area contributed by atoms with Crippen LogP contribution in [0, 0.1) is 0 Å². The number of aromatic nitrogens is 2. The van der Waals surface area contributed by atoms with Gasteiger partial charge in [-0.3, -0.25) is 4.98 Å². The summed E-state index contributed by atoms with van der Waals surface area (Å²) in [5.74, 6) is 2.17. The third-order valence-corrected chi connectivity index (χ3v) is 4.78. The van der Waals surface area contributed by atoms with E-state index >= 15 is 0 Å². The van der Waals surface area contributed by atoms with E-state index in [-0.39, 0.29) is 0 Å².